The minimum Gasteiger partial charge on any atom is -0.423 e. The van der Waals surface area contributed by atoms with Crippen molar-refractivity contribution in [3.05, 3.63) is 30.2 Å². The summed E-state index contributed by atoms with van der Waals surface area (Å²) in [6, 6.07) is 6.25. The molecule has 3 nitrogen and oxygen atoms in total. The Labute approximate surface area is 86.9 Å². The van der Waals surface area contributed by atoms with Crippen molar-refractivity contribution in [1.82, 2.24) is 4.57 Å². The summed E-state index contributed by atoms with van der Waals surface area (Å²) in [5.74, 6) is -0.308. The molecule has 2 rings (SSSR count). The highest BCUT2D eigenvalue weighted by molar-refractivity contribution is 6.58. The van der Waals surface area contributed by atoms with Gasteiger partial charge in [-0.1, -0.05) is 12.1 Å². The molecule has 0 spiro atoms. The highest BCUT2D eigenvalue weighted by atomic mass is 19.1. The fourth-order valence-corrected chi connectivity index (χ4v) is 1.74. The molecule has 2 N–H and O–H groups in total. The molecule has 1 aromatic carbocycles. The van der Waals surface area contributed by atoms with Crippen LogP contribution in [0.3, 0.4) is 0 Å². The third-order valence-corrected chi connectivity index (χ3v) is 2.49. The summed E-state index contributed by atoms with van der Waals surface area (Å²) in [5.41, 5.74) is 1.13. The predicted octanol–water partition coefficient (Wildman–Crippen LogP) is 0.480. The zero-order chi connectivity index (χ0) is 11.0. The van der Waals surface area contributed by atoms with Crippen LogP contribution in [0.25, 0.3) is 10.9 Å². The Morgan fingerprint density at radius 3 is 2.67 bits per heavy atom. The molecule has 0 atom stereocenters. The average Bonchev–Trinajstić information content (AvgIpc) is 2.51. The number of aryl methyl sites for hydroxylation is 1. The lowest BCUT2D eigenvalue weighted by molar-refractivity contribution is 0.426. The van der Waals surface area contributed by atoms with Gasteiger partial charge in [0, 0.05) is 18.0 Å². The van der Waals surface area contributed by atoms with Crippen molar-refractivity contribution < 1.29 is 14.4 Å². The topological polar surface area (TPSA) is 45.4 Å². The van der Waals surface area contributed by atoms with Crippen molar-refractivity contribution in [2.75, 3.05) is 0 Å². The van der Waals surface area contributed by atoms with Crippen LogP contribution in [0.4, 0.5) is 4.39 Å². The molecule has 2 aromatic rings. The summed E-state index contributed by atoms with van der Waals surface area (Å²) >= 11 is 0. The van der Waals surface area contributed by atoms with Gasteiger partial charge in [-0.2, -0.15) is 4.39 Å². The van der Waals surface area contributed by atoms with E-state index < -0.39 is 7.12 Å². The zero-order valence-corrected chi connectivity index (χ0v) is 8.31. The summed E-state index contributed by atoms with van der Waals surface area (Å²) in [6.45, 7) is 2.41. The SMILES string of the molecule is CCn1c(F)cc2cc(B(O)O)ccc21. The van der Waals surface area contributed by atoms with Crippen LogP contribution in [0, 0.1) is 5.95 Å². The number of aromatic nitrogens is 1. The largest absolute Gasteiger partial charge is 0.488 e. The van der Waals surface area contributed by atoms with Gasteiger partial charge in [-0.3, -0.25) is 0 Å². The lowest BCUT2D eigenvalue weighted by Crippen LogP contribution is -2.29. The van der Waals surface area contributed by atoms with Gasteiger partial charge in [0.25, 0.3) is 0 Å². The molecule has 0 amide bonds. The van der Waals surface area contributed by atoms with E-state index in [2.05, 4.69) is 0 Å². The molecular weight excluding hydrogens is 196 g/mol. The molecule has 1 aromatic heterocycles. The Morgan fingerprint density at radius 2 is 2.07 bits per heavy atom. The number of nitrogens with zero attached hydrogens (tertiary/aromatic N) is 1. The third-order valence-electron chi connectivity index (χ3n) is 2.49. The van der Waals surface area contributed by atoms with Gasteiger partial charge in [0.15, 0.2) is 5.95 Å². The van der Waals surface area contributed by atoms with Gasteiger partial charge in [0.1, 0.15) is 0 Å². The summed E-state index contributed by atoms with van der Waals surface area (Å²) in [6.07, 6.45) is 0. The minimum absolute atomic E-state index is 0.308. The van der Waals surface area contributed by atoms with Crippen LogP contribution in [-0.2, 0) is 6.54 Å². The van der Waals surface area contributed by atoms with E-state index in [9.17, 15) is 4.39 Å². The number of fused-ring (bicyclic) bond motifs is 1. The van der Waals surface area contributed by atoms with E-state index in [0.717, 1.165) is 5.52 Å². The summed E-state index contributed by atoms with van der Waals surface area (Å²) in [4.78, 5) is 0. The summed E-state index contributed by atoms with van der Waals surface area (Å²) in [5, 5.41) is 18.6. The maximum atomic E-state index is 13.4. The summed E-state index contributed by atoms with van der Waals surface area (Å²) in [7, 11) is -1.51. The van der Waals surface area contributed by atoms with Gasteiger partial charge in [-0.15, -0.1) is 0 Å². The Hall–Kier alpha value is -1.33. The van der Waals surface area contributed by atoms with Crippen LogP contribution in [0.15, 0.2) is 24.3 Å². The van der Waals surface area contributed by atoms with Crippen LogP contribution in [0.2, 0.25) is 0 Å². The molecule has 0 aliphatic carbocycles. The average molecular weight is 207 g/mol. The fraction of sp³-hybridized carbons (Fsp3) is 0.200. The molecule has 0 saturated heterocycles. The second-order valence-corrected chi connectivity index (χ2v) is 3.40. The minimum atomic E-state index is -1.51. The highest BCUT2D eigenvalue weighted by Crippen LogP contribution is 2.17. The van der Waals surface area contributed by atoms with Gasteiger partial charge < -0.3 is 14.6 Å². The number of benzene rings is 1. The molecule has 0 aliphatic rings. The number of hydrogen-bond acceptors (Lipinski definition) is 2. The van der Waals surface area contributed by atoms with Crippen molar-refractivity contribution in [2.24, 2.45) is 0 Å². The van der Waals surface area contributed by atoms with E-state index in [1.54, 1.807) is 18.2 Å². The molecule has 0 saturated carbocycles. The van der Waals surface area contributed by atoms with Crippen molar-refractivity contribution in [1.29, 1.82) is 0 Å². The Morgan fingerprint density at radius 1 is 1.33 bits per heavy atom. The van der Waals surface area contributed by atoms with Crippen LogP contribution in [-0.4, -0.2) is 21.7 Å². The first-order valence-corrected chi connectivity index (χ1v) is 4.78. The van der Waals surface area contributed by atoms with Crippen molar-refractivity contribution in [3.8, 4) is 0 Å². The van der Waals surface area contributed by atoms with Gasteiger partial charge >= 0.3 is 7.12 Å². The smallest absolute Gasteiger partial charge is 0.423 e. The van der Waals surface area contributed by atoms with Gasteiger partial charge in [-0.05, 0) is 18.5 Å². The number of halogens is 1. The number of rotatable bonds is 2. The van der Waals surface area contributed by atoms with Gasteiger partial charge in [-0.25, -0.2) is 0 Å². The second kappa shape index (κ2) is 3.68. The molecular formula is C10H11BFNO2. The molecule has 78 valence electrons. The van der Waals surface area contributed by atoms with Crippen LogP contribution < -0.4 is 5.46 Å². The lowest BCUT2D eigenvalue weighted by atomic mass is 9.80. The van der Waals surface area contributed by atoms with E-state index in [-0.39, 0.29) is 5.95 Å². The lowest BCUT2D eigenvalue weighted by Gasteiger charge is -2.02. The second-order valence-electron chi connectivity index (χ2n) is 3.40. The number of hydrogen-bond donors (Lipinski definition) is 2. The van der Waals surface area contributed by atoms with E-state index in [0.29, 0.717) is 17.4 Å². The molecule has 1 heterocycles. The van der Waals surface area contributed by atoms with Crippen molar-refractivity contribution in [2.45, 2.75) is 13.5 Å². The maximum Gasteiger partial charge on any atom is 0.488 e. The van der Waals surface area contributed by atoms with Crippen LogP contribution >= 0.6 is 0 Å². The van der Waals surface area contributed by atoms with E-state index in [1.807, 2.05) is 6.92 Å². The molecule has 5 heteroatoms. The van der Waals surface area contributed by atoms with E-state index in [4.69, 9.17) is 10.0 Å². The normalized spacial score (nSPS) is 10.9. The Kier molecular flexibility index (Phi) is 2.50. The standard InChI is InChI=1S/C10H11BFNO2/c1-2-13-9-4-3-8(11(14)15)5-7(9)6-10(13)12/h3-6,14-15H,2H2,1H3. The quantitative estimate of drug-likeness (QED) is 0.703. The monoisotopic (exact) mass is 207 g/mol. The zero-order valence-electron chi connectivity index (χ0n) is 8.31. The van der Waals surface area contributed by atoms with Crippen molar-refractivity contribution >= 4 is 23.5 Å². The van der Waals surface area contributed by atoms with Gasteiger partial charge in [0.2, 0.25) is 0 Å². The van der Waals surface area contributed by atoms with E-state index in [1.165, 1.54) is 10.6 Å². The maximum absolute atomic E-state index is 13.4. The molecule has 0 unspecified atom stereocenters. The molecule has 0 aliphatic heterocycles. The van der Waals surface area contributed by atoms with Crippen molar-refractivity contribution in [3.63, 3.8) is 0 Å². The van der Waals surface area contributed by atoms with Crippen LogP contribution in [0.1, 0.15) is 6.92 Å². The Bertz CT molecular complexity index is 495. The molecule has 15 heavy (non-hydrogen) atoms. The molecule has 0 radical (unpaired) electrons. The highest BCUT2D eigenvalue weighted by Gasteiger charge is 2.13. The molecule has 0 fully saturated rings. The first-order valence-electron chi connectivity index (χ1n) is 4.78. The molecule has 0 bridgehead atoms. The summed E-state index contributed by atoms with van der Waals surface area (Å²) < 4.78 is 14.9. The first-order chi connectivity index (χ1) is 7.13. The van der Waals surface area contributed by atoms with Crippen LogP contribution in [0.5, 0.6) is 0 Å². The Balaban J connectivity index is 2.64. The third kappa shape index (κ3) is 1.64. The fourth-order valence-electron chi connectivity index (χ4n) is 1.74. The first kappa shape index (κ1) is 10.2. The van der Waals surface area contributed by atoms with E-state index >= 15 is 0 Å². The van der Waals surface area contributed by atoms with Gasteiger partial charge in [0.05, 0.1) is 5.52 Å². The predicted molar refractivity (Wildman–Crippen MR) is 57.4 cm³/mol.